The Hall–Kier alpha value is -1.80. The maximum atomic E-state index is 12.1. The quantitative estimate of drug-likeness (QED) is 0.824. The van der Waals surface area contributed by atoms with E-state index in [2.05, 4.69) is 15.4 Å². The second-order valence-electron chi connectivity index (χ2n) is 5.33. The van der Waals surface area contributed by atoms with Crippen LogP contribution in [0.2, 0.25) is 0 Å². The van der Waals surface area contributed by atoms with Gasteiger partial charge in [0.2, 0.25) is 5.91 Å². The molecular formula is C15H19F3N2O3. The Bertz CT molecular complexity index is 537. The lowest BCUT2D eigenvalue weighted by Gasteiger charge is -2.18. The molecule has 0 spiro atoms. The van der Waals surface area contributed by atoms with Crippen molar-refractivity contribution in [2.75, 3.05) is 26.8 Å². The summed E-state index contributed by atoms with van der Waals surface area (Å²) in [4.78, 5) is 12.0. The fraction of sp³-hybridized carbons (Fsp3) is 0.533. The largest absolute Gasteiger partial charge is 0.484 e. The summed E-state index contributed by atoms with van der Waals surface area (Å²) in [5.74, 6) is -0.126. The minimum atomic E-state index is -4.39. The van der Waals surface area contributed by atoms with Crippen LogP contribution in [-0.4, -0.2) is 51.0 Å². The van der Waals surface area contributed by atoms with E-state index in [0.717, 1.165) is 0 Å². The maximum absolute atomic E-state index is 12.1. The molecule has 2 atom stereocenters. The van der Waals surface area contributed by atoms with Crippen LogP contribution in [-0.2, 0) is 16.0 Å². The summed E-state index contributed by atoms with van der Waals surface area (Å²) in [6.45, 7) is -0.0624. The van der Waals surface area contributed by atoms with Gasteiger partial charge >= 0.3 is 6.18 Å². The molecule has 0 radical (unpaired) electrons. The Morgan fingerprint density at radius 2 is 2.17 bits per heavy atom. The van der Waals surface area contributed by atoms with Gasteiger partial charge in [-0.15, -0.1) is 0 Å². The molecule has 0 unspecified atom stereocenters. The topological polar surface area (TPSA) is 59.6 Å². The van der Waals surface area contributed by atoms with Crippen molar-refractivity contribution in [2.24, 2.45) is 0 Å². The first-order chi connectivity index (χ1) is 10.9. The molecule has 1 heterocycles. The number of ether oxygens (including phenoxy) is 2. The first kappa shape index (κ1) is 17.6. The number of carbonyl (C=O) groups excluding carboxylic acids is 1. The smallest absolute Gasteiger partial charge is 0.422 e. The van der Waals surface area contributed by atoms with E-state index >= 15 is 0 Å². The first-order valence-electron chi connectivity index (χ1n) is 7.19. The monoisotopic (exact) mass is 332 g/mol. The molecule has 23 heavy (non-hydrogen) atoms. The Kier molecular flexibility index (Phi) is 5.84. The van der Waals surface area contributed by atoms with Crippen molar-refractivity contribution in [2.45, 2.75) is 24.7 Å². The van der Waals surface area contributed by atoms with Gasteiger partial charge in [0, 0.05) is 20.2 Å². The average Bonchev–Trinajstić information content (AvgIpc) is 2.92. The van der Waals surface area contributed by atoms with Gasteiger partial charge in [-0.05, 0) is 17.7 Å². The highest BCUT2D eigenvalue weighted by molar-refractivity contribution is 5.79. The molecule has 0 aliphatic carbocycles. The molecular weight excluding hydrogens is 313 g/mol. The zero-order valence-electron chi connectivity index (χ0n) is 12.7. The van der Waals surface area contributed by atoms with Crippen LogP contribution >= 0.6 is 0 Å². The van der Waals surface area contributed by atoms with Crippen LogP contribution < -0.4 is 15.4 Å². The zero-order valence-corrected chi connectivity index (χ0v) is 12.7. The highest BCUT2D eigenvalue weighted by Crippen LogP contribution is 2.19. The summed E-state index contributed by atoms with van der Waals surface area (Å²) in [6.07, 6.45) is -4.41. The number of halogens is 3. The minimum Gasteiger partial charge on any atom is -0.484 e. The van der Waals surface area contributed by atoms with Crippen LogP contribution in [0.5, 0.6) is 5.75 Å². The van der Waals surface area contributed by atoms with Gasteiger partial charge in [0.05, 0.1) is 18.6 Å². The molecule has 0 aromatic heterocycles. The molecule has 1 saturated heterocycles. The van der Waals surface area contributed by atoms with E-state index in [0.29, 0.717) is 18.7 Å². The molecule has 128 valence electrons. The predicted octanol–water partition coefficient (Wildman–Crippen LogP) is 1.27. The number of benzene rings is 1. The van der Waals surface area contributed by atoms with E-state index in [-0.39, 0.29) is 30.2 Å². The number of rotatable bonds is 6. The number of hydrogen-bond donors (Lipinski definition) is 2. The minimum absolute atomic E-state index is 0.0656. The third kappa shape index (κ3) is 5.72. The Labute approximate surface area is 132 Å². The van der Waals surface area contributed by atoms with Gasteiger partial charge in [-0.25, -0.2) is 0 Å². The van der Waals surface area contributed by atoms with Crippen molar-refractivity contribution in [1.29, 1.82) is 0 Å². The fourth-order valence-electron chi connectivity index (χ4n) is 2.40. The van der Waals surface area contributed by atoms with Crippen molar-refractivity contribution >= 4 is 5.91 Å². The molecule has 1 aromatic carbocycles. The lowest BCUT2D eigenvalue weighted by Crippen LogP contribution is -2.44. The molecule has 1 fully saturated rings. The van der Waals surface area contributed by atoms with Gasteiger partial charge < -0.3 is 20.1 Å². The zero-order chi connectivity index (χ0) is 16.9. The van der Waals surface area contributed by atoms with Crippen LogP contribution in [0.4, 0.5) is 13.2 Å². The molecule has 0 saturated carbocycles. The van der Waals surface area contributed by atoms with Crippen LogP contribution in [0.1, 0.15) is 5.56 Å². The molecule has 8 heteroatoms. The number of amides is 1. The standard InChI is InChI=1S/C15H19F3N2O3/c1-22-13-8-19-7-12(13)20-14(21)6-10-3-2-4-11(5-10)23-9-15(16,17)18/h2-5,12-13,19H,6-9H2,1H3,(H,20,21)/t12-,13+/m1/s1. The number of methoxy groups -OCH3 is 1. The van der Waals surface area contributed by atoms with E-state index in [9.17, 15) is 18.0 Å². The van der Waals surface area contributed by atoms with Crippen LogP contribution in [0.3, 0.4) is 0 Å². The summed E-state index contributed by atoms with van der Waals surface area (Å²) < 4.78 is 46.4. The lowest BCUT2D eigenvalue weighted by atomic mass is 10.1. The third-order valence-electron chi connectivity index (χ3n) is 3.47. The highest BCUT2D eigenvalue weighted by atomic mass is 19.4. The molecule has 1 amide bonds. The summed E-state index contributed by atoms with van der Waals surface area (Å²) in [7, 11) is 1.58. The first-order valence-corrected chi connectivity index (χ1v) is 7.19. The van der Waals surface area contributed by atoms with Crippen LogP contribution in [0.25, 0.3) is 0 Å². The van der Waals surface area contributed by atoms with E-state index in [1.165, 1.54) is 12.1 Å². The lowest BCUT2D eigenvalue weighted by molar-refractivity contribution is -0.153. The second kappa shape index (κ2) is 7.65. The van der Waals surface area contributed by atoms with Crippen LogP contribution in [0.15, 0.2) is 24.3 Å². The molecule has 2 N–H and O–H groups in total. The summed E-state index contributed by atoms with van der Waals surface area (Å²) >= 11 is 0. The van der Waals surface area contributed by atoms with Gasteiger partial charge in [-0.1, -0.05) is 12.1 Å². The van der Waals surface area contributed by atoms with Crippen molar-refractivity contribution in [3.63, 3.8) is 0 Å². The summed E-state index contributed by atoms with van der Waals surface area (Å²) in [5, 5.41) is 5.97. The molecule has 2 rings (SSSR count). The second-order valence-corrected chi connectivity index (χ2v) is 5.33. The third-order valence-corrected chi connectivity index (χ3v) is 3.47. The Balaban J connectivity index is 1.88. The van der Waals surface area contributed by atoms with Gasteiger partial charge in [-0.3, -0.25) is 4.79 Å². The Morgan fingerprint density at radius 1 is 1.39 bits per heavy atom. The highest BCUT2D eigenvalue weighted by Gasteiger charge is 2.29. The molecule has 1 aliphatic heterocycles. The van der Waals surface area contributed by atoms with E-state index < -0.39 is 12.8 Å². The van der Waals surface area contributed by atoms with Gasteiger partial charge in [0.15, 0.2) is 6.61 Å². The van der Waals surface area contributed by atoms with E-state index in [4.69, 9.17) is 4.74 Å². The SMILES string of the molecule is CO[C@H]1CNC[C@H]1NC(=O)Cc1cccc(OCC(F)(F)F)c1. The molecule has 1 aliphatic rings. The fourth-order valence-corrected chi connectivity index (χ4v) is 2.40. The van der Waals surface area contributed by atoms with E-state index in [1.807, 2.05) is 0 Å². The van der Waals surface area contributed by atoms with Crippen LogP contribution in [0, 0.1) is 0 Å². The van der Waals surface area contributed by atoms with Gasteiger partial charge in [0.25, 0.3) is 0 Å². The molecule has 1 aromatic rings. The number of carbonyl (C=O) groups is 1. The van der Waals surface area contributed by atoms with Crippen molar-refractivity contribution in [1.82, 2.24) is 10.6 Å². The number of nitrogens with one attached hydrogen (secondary N) is 2. The number of hydrogen-bond acceptors (Lipinski definition) is 4. The molecule has 0 bridgehead atoms. The van der Waals surface area contributed by atoms with Gasteiger partial charge in [-0.2, -0.15) is 13.2 Å². The van der Waals surface area contributed by atoms with Crippen molar-refractivity contribution in [3.05, 3.63) is 29.8 Å². The summed E-state index contributed by atoms with van der Waals surface area (Å²) in [6, 6.07) is 5.97. The number of alkyl halides is 3. The average molecular weight is 332 g/mol. The normalized spacial score (nSPS) is 21.2. The van der Waals surface area contributed by atoms with E-state index in [1.54, 1.807) is 19.2 Å². The van der Waals surface area contributed by atoms with Gasteiger partial charge in [0.1, 0.15) is 5.75 Å². The van der Waals surface area contributed by atoms with Crippen molar-refractivity contribution in [3.8, 4) is 5.75 Å². The van der Waals surface area contributed by atoms with Crippen molar-refractivity contribution < 1.29 is 27.4 Å². The summed E-state index contributed by atoms with van der Waals surface area (Å²) in [5.41, 5.74) is 0.585. The predicted molar refractivity (Wildman–Crippen MR) is 77.3 cm³/mol. The molecule has 5 nitrogen and oxygen atoms in total. The maximum Gasteiger partial charge on any atom is 0.422 e. The Morgan fingerprint density at radius 3 is 2.87 bits per heavy atom.